The fourth-order valence-corrected chi connectivity index (χ4v) is 2.90. The van der Waals surface area contributed by atoms with Gasteiger partial charge >= 0.3 is 0 Å². The highest BCUT2D eigenvalue weighted by Gasteiger charge is 2.18. The minimum Gasteiger partial charge on any atom is -0.370 e. The highest BCUT2D eigenvalue weighted by atomic mass is 127. The molecule has 1 aromatic carbocycles. The maximum absolute atomic E-state index is 6.17. The number of hydrogen-bond donors (Lipinski definition) is 1. The second-order valence-electron chi connectivity index (χ2n) is 5.91. The molecule has 0 saturated carbocycles. The Kier molecular flexibility index (Phi) is 8.07. The van der Waals surface area contributed by atoms with Crippen LogP contribution in [0.2, 0.25) is 0 Å². The molecule has 2 N–H and O–H groups in total. The van der Waals surface area contributed by atoms with Crippen LogP contribution in [-0.2, 0) is 0 Å². The smallest absolute Gasteiger partial charge is 0.191 e. The van der Waals surface area contributed by atoms with Gasteiger partial charge in [-0.1, -0.05) is 44.2 Å². The van der Waals surface area contributed by atoms with Gasteiger partial charge in [0.2, 0.25) is 0 Å². The number of hydrogen-bond acceptors (Lipinski definition) is 1. The number of nitrogens with two attached hydrogens (primary N) is 1. The average molecular weight is 401 g/mol. The number of likely N-dealkylation sites (tertiary alicyclic amines) is 1. The van der Waals surface area contributed by atoms with Gasteiger partial charge in [0, 0.05) is 25.6 Å². The summed E-state index contributed by atoms with van der Waals surface area (Å²) in [7, 11) is 0. The van der Waals surface area contributed by atoms with Crippen molar-refractivity contribution in [3.63, 3.8) is 0 Å². The quantitative estimate of drug-likeness (QED) is 0.473. The van der Waals surface area contributed by atoms with E-state index in [2.05, 4.69) is 54.1 Å². The van der Waals surface area contributed by atoms with Crippen molar-refractivity contribution in [2.45, 2.75) is 39.0 Å². The van der Waals surface area contributed by atoms with Crippen LogP contribution in [-0.4, -0.2) is 30.5 Å². The van der Waals surface area contributed by atoms with E-state index in [4.69, 9.17) is 5.73 Å². The lowest BCUT2D eigenvalue weighted by molar-refractivity contribution is 0.270. The van der Waals surface area contributed by atoms with E-state index in [0.717, 1.165) is 37.9 Å². The molecule has 0 radical (unpaired) electrons. The SMILES string of the molecule is CCC(CN=C(N)N1CCCC(C)C1)c1ccccc1.I. The number of rotatable bonds is 4. The molecule has 1 saturated heterocycles. The molecule has 2 rings (SSSR count). The first-order valence-electron chi connectivity index (χ1n) is 7.80. The Balaban J connectivity index is 0.00000220. The molecule has 1 aromatic rings. The van der Waals surface area contributed by atoms with Gasteiger partial charge in [0.25, 0.3) is 0 Å². The van der Waals surface area contributed by atoms with E-state index in [9.17, 15) is 0 Å². The Bertz CT molecular complexity index is 433. The van der Waals surface area contributed by atoms with Crippen LogP contribution in [0.15, 0.2) is 35.3 Å². The van der Waals surface area contributed by atoms with Crippen LogP contribution in [0.5, 0.6) is 0 Å². The van der Waals surface area contributed by atoms with Gasteiger partial charge in [-0.3, -0.25) is 4.99 Å². The third kappa shape index (κ3) is 5.49. The number of nitrogens with zero attached hydrogens (tertiary/aromatic N) is 2. The molecule has 1 fully saturated rings. The Labute approximate surface area is 146 Å². The largest absolute Gasteiger partial charge is 0.370 e. The molecule has 0 spiro atoms. The van der Waals surface area contributed by atoms with E-state index in [1.807, 2.05) is 0 Å². The molecule has 4 heteroatoms. The maximum Gasteiger partial charge on any atom is 0.191 e. The average Bonchev–Trinajstić information content (AvgIpc) is 2.49. The van der Waals surface area contributed by atoms with E-state index >= 15 is 0 Å². The molecule has 118 valence electrons. The molecule has 1 aliphatic rings. The van der Waals surface area contributed by atoms with Crippen molar-refractivity contribution in [2.75, 3.05) is 19.6 Å². The molecule has 0 amide bonds. The zero-order valence-electron chi connectivity index (χ0n) is 13.2. The van der Waals surface area contributed by atoms with Crippen molar-refractivity contribution in [2.24, 2.45) is 16.6 Å². The highest BCUT2D eigenvalue weighted by Crippen LogP contribution is 2.20. The first kappa shape index (κ1) is 18.3. The van der Waals surface area contributed by atoms with Gasteiger partial charge in [0.15, 0.2) is 5.96 Å². The second-order valence-corrected chi connectivity index (χ2v) is 5.91. The van der Waals surface area contributed by atoms with Gasteiger partial charge in [-0.15, -0.1) is 24.0 Å². The summed E-state index contributed by atoms with van der Waals surface area (Å²) in [5, 5.41) is 0. The molecule has 3 nitrogen and oxygen atoms in total. The first-order valence-corrected chi connectivity index (χ1v) is 7.80. The van der Waals surface area contributed by atoms with Crippen molar-refractivity contribution in [3.05, 3.63) is 35.9 Å². The summed E-state index contributed by atoms with van der Waals surface area (Å²) in [5.41, 5.74) is 7.53. The Morgan fingerprint density at radius 1 is 1.38 bits per heavy atom. The van der Waals surface area contributed by atoms with E-state index < -0.39 is 0 Å². The Morgan fingerprint density at radius 3 is 2.71 bits per heavy atom. The van der Waals surface area contributed by atoms with E-state index in [0.29, 0.717) is 5.92 Å². The van der Waals surface area contributed by atoms with Crippen LogP contribution in [0.1, 0.15) is 44.6 Å². The molecular formula is C17H28IN3. The summed E-state index contributed by atoms with van der Waals surface area (Å²) < 4.78 is 0. The summed E-state index contributed by atoms with van der Waals surface area (Å²) in [6, 6.07) is 10.6. The molecule has 2 atom stereocenters. The number of piperidine rings is 1. The van der Waals surface area contributed by atoms with Gasteiger partial charge in [-0.2, -0.15) is 0 Å². The summed E-state index contributed by atoms with van der Waals surface area (Å²) in [5.74, 6) is 1.93. The molecule has 21 heavy (non-hydrogen) atoms. The predicted octanol–water partition coefficient (Wildman–Crippen LogP) is 3.84. The fraction of sp³-hybridized carbons (Fsp3) is 0.588. The molecule has 1 heterocycles. The monoisotopic (exact) mass is 401 g/mol. The minimum absolute atomic E-state index is 0. The van der Waals surface area contributed by atoms with E-state index in [1.54, 1.807) is 0 Å². The normalized spacial score (nSPS) is 20.8. The minimum atomic E-state index is 0. The lowest BCUT2D eigenvalue weighted by atomic mass is 9.97. The van der Waals surface area contributed by atoms with Gasteiger partial charge in [-0.25, -0.2) is 0 Å². The topological polar surface area (TPSA) is 41.6 Å². The van der Waals surface area contributed by atoms with Crippen LogP contribution >= 0.6 is 24.0 Å². The second kappa shape index (κ2) is 9.28. The predicted molar refractivity (Wildman–Crippen MR) is 101 cm³/mol. The van der Waals surface area contributed by atoms with Crippen molar-refractivity contribution in [3.8, 4) is 0 Å². The molecule has 2 unspecified atom stereocenters. The van der Waals surface area contributed by atoms with Gasteiger partial charge < -0.3 is 10.6 Å². The van der Waals surface area contributed by atoms with E-state index in [-0.39, 0.29) is 24.0 Å². The van der Waals surface area contributed by atoms with Gasteiger partial charge in [0.05, 0.1) is 0 Å². The van der Waals surface area contributed by atoms with Crippen molar-refractivity contribution in [1.82, 2.24) is 4.90 Å². The first-order chi connectivity index (χ1) is 9.70. The van der Waals surface area contributed by atoms with Crippen LogP contribution in [0, 0.1) is 5.92 Å². The number of aliphatic imine (C=N–C) groups is 1. The molecule has 0 aliphatic carbocycles. The lowest BCUT2D eigenvalue weighted by Gasteiger charge is -2.31. The lowest BCUT2D eigenvalue weighted by Crippen LogP contribution is -2.43. The van der Waals surface area contributed by atoms with Crippen molar-refractivity contribution < 1.29 is 0 Å². The summed E-state index contributed by atoms with van der Waals surface area (Å²) in [6.07, 6.45) is 3.63. The zero-order chi connectivity index (χ0) is 14.4. The Hall–Kier alpha value is -0.780. The van der Waals surface area contributed by atoms with Crippen LogP contribution in [0.3, 0.4) is 0 Å². The highest BCUT2D eigenvalue weighted by molar-refractivity contribution is 14.0. The molecular weight excluding hydrogens is 373 g/mol. The van der Waals surface area contributed by atoms with Gasteiger partial charge in [-0.05, 0) is 30.7 Å². The summed E-state index contributed by atoms with van der Waals surface area (Å²) >= 11 is 0. The Morgan fingerprint density at radius 2 is 2.10 bits per heavy atom. The van der Waals surface area contributed by atoms with Crippen molar-refractivity contribution >= 4 is 29.9 Å². The number of guanidine groups is 1. The maximum atomic E-state index is 6.17. The zero-order valence-corrected chi connectivity index (χ0v) is 15.5. The standard InChI is InChI=1S/C17H27N3.HI/c1-3-15(16-9-5-4-6-10-16)12-19-17(18)20-11-7-8-14(2)13-20;/h4-6,9-10,14-15H,3,7-8,11-13H2,1-2H3,(H2,18,19);1H. The molecule has 0 aromatic heterocycles. The summed E-state index contributed by atoms with van der Waals surface area (Å²) in [4.78, 5) is 6.89. The third-order valence-corrected chi connectivity index (χ3v) is 4.22. The van der Waals surface area contributed by atoms with Crippen molar-refractivity contribution in [1.29, 1.82) is 0 Å². The summed E-state index contributed by atoms with van der Waals surface area (Å²) in [6.45, 7) is 7.40. The van der Waals surface area contributed by atoms with Crippen LogP contribution < -0.4 is 5.73 Å². The number of benzene rings is 1. The fourth-order valence-electron chi connectivity index (χ4n) is 2.90. The molecule has 0 bridgehead atoms. The van der Waals surface area contributed by atoms with Gasteiger partial charge in [0.1, 0.15) is 0 Å². The number of halogens is 1. The van der Waals surface area contributed by atoms with E-state index in [1.165, 1.54) is 18.4 Å². The third-order valence-electron chi connectivity index (χ3n) is 4.22. The molecule has 1 aliphatic heterocycles. The van der Waals surface area contributed by atoms with Crippen LogP contribution in [0.4, 0.5) is 0 Å². The van der Waals surface area contributed by atoms with Crippen LogP contribution in [0.25, 0.3) is 0 Å².